The molecule has 8 nitrogen and oxygen atoms in total. The van der Waals surface area contributed by atoms with E-state index in [1.165, 1.54) is 11.8 Å². The van der Waals surface area contributed by atoms with Gasteiger partial charge in [-0.05, 0) is 42.0 Å². The minimum Gasteiger partial charge on any atom is -0.493 e. The van der Waals surface area contributed by atoms with Crippen LogP contribution >= 0.6 is 11.8 Å². The lowest BCUT2D eigenvalue weighted by atomic mass is 10.2. The van der Waals surface area contributed by atoms with Crippen LogP contribution in [-0.2, 0) is 17.9 Å². The van der Waals surface area contributed by atoms with Crippen molar-refractivity contribution in [3.8, 4) is 11.5 Å². The van der Waals surface area contributed by atoms with Gasteiger partial charge in [0.2, 0.25) is 5.91 Å². The summed E-state index contributed by atoms with van der Waals surface area (Å²) in [6.45, 7) is 0.610. The number of carbonyl (C=O) groups excluding carboxylic acids is 1. The van der Waals surface area contributed by atoms with Gasteiger partial charge in [-0.2, -0.15) is 0 Å². The lowest BCUT2D eigenvalue weighted by Gasteiger charge is -2.15. The predicted octanol–water partition coefficient (Wildman–Crippen LogP) is 3.27. The summed E-state index contributed by atoms with van der Waals surface area (Å²) < 4.78 is 12.3. The highest BCUT2D eigenvalue weighted by Gasteiger charge is 2.15. The first-order chi connectivity index (χ1) is 16.6. The lowest BCUT2D eigenvalue weighted by molar-refractivity contribution is -0.118. The summed E-state index contributed by atoms with van der Waals surface area (Å²) in [6.07, 6.45) is 1.68. The highest BCUT2D eigenvalue weighted by atomic mass is 32.2. The first-order valence-corrected chi connectivity index (χ1v) is 11.6. The van der Waals surface area contributed by atoms with E-state index < -0.39 is 0 Å². The largest absolute Gasteiger partial charge is 0.493 e. The molecular formula is C25H24N4O4S. The number of aromatic nitrogens is 3. The molecule has 0 unspecified atom stereocenters. The van der Waals surface area contributed by atoms with Crippen LogP contribution < -0.4 is 20.3 Å². The van der Waals surface area contributed by atoms with Crippen LogP contribution in [0.1, 0.15) is 11.3 Å². The standard InChI is InChI=1S/C25H24N4O4S/c1-32-21-11-10-17(13-22(21)33-2)15-29-24(31)19-8-3-4-9-20(19)28-25(29)34-16-23(30)27-14-18-7-5-6-12-26-18/h3-13H,14-16H2,1-2H3,(H,27,30). The van der Waals surface area contributed by atoms with Crippen LogP contribution in [0.15, 0.2) is 76.8 Å². The van der Waals surface area contributed by atoms with Gasteiger partial charge < -0.3 is 14.8 Å². The van der Waals surface area contributed by atoms with Crippen LogP contribution in [-0.4, -0.2) is 40.4 Å². The number of ether oxygens (including phenoxy) is 2. The number of benzene rings is 2. The van der Waals surface area contributed by atoms with Crippen LogP contribution in [0.25, 0.3) is 10.9 Å². The minimum atomic E-state index is -0.171. The molecule has 0 aliphatic carbocycles. The number of nitrogens with zero attached hydrogens (tertiary/aromatic N) is 3. The summed E-state index contributed by atoms with van der Waals surface area (Å²) in [5, 5.41) is 3.83. The van der Waals surface area contributed by atoms with Crippen molar-refractivity contribution in [1.82, 2.24) is 19.9 Å². The summed E-state index contributed by atoms with van der Waals surface area (Å²) in [7, 11) is 3.14. The molecule has 2 aromatic carbocycles. The SMILES string of the molecule is COc1ccc(Cn2c(SCC(=O)NCc3ccccn3)nc3ccccc3c2=O)cc1OC. The Labute approximate surface area is 201 Å². The van der Waals surface area contributed by atoms with Gasteiger partial charge in [0.15, 0.2) is 16.7 Å². The van der Waals surface area contributed by atoms with E-state index in [0.29, 0.717) is 34.1 Å². The lowest BCUT2D eigenvalue weighted by Crippen LogP contribution is -2.27. The number of methoxy groups -OCH3 is 2. The predicted molar refractivity (Wildman–Crippen MR) is 131 cm³/mol. The van der Waals surface area contributed by atoms with Crippen LogP contribution in [0.3, 0.4) is 0 Å². The van der Waals surface area contributed by atoms with Gasteiger partial charge in [0.25, 0.3) is 5.56 Å². The number of nitrogens with one attached hydrogen (secondary N) is 1. The minimum absolute atomic E-state index is 0.115. The normalized spacial score (nSPS) is 10.8. The Kier molecular flexibility index (Phi) is 7.44. The molecule has 34 heavy (non-hydrogen) atoms. The maximum Gasteiger partial charge on any atom is 0.262 e. The fourth-order valence-electron chi connectivity index (χ4n) is 3.43. The second-order valence-electron chi connectivity index (χ2n) is 7.38. The van der Waals surface area contributed by atoms with E-state index in [2.05, 4.69) is 15.3 Å². The van der Waals surface area contributed by atoms with Gasteiger partial charge in [-0.25, -0.2) is 4.98 Å². The summed E-state index contributed by atoms with van der Waals surface area (Å²) in [5.74, 6) is 1.12. The molecule has 0 aliphatic heterocycles. The van der Waals surface area contributed by atoms with E-state index in [1.54, 1.807) is 43.2 Å². The van der Waals surface area contributed by atoms with Crippen molar-refractivity contribution < 1.29 is 14.3 Å². The Morgan fingerprint density at radius 1 is 1.03 bits per heavy atom. The molecule has 174 valence electrons. The van der Waals surface area contributed by atoms with Gasteiger partial charge in [0.05, 0.1) is 49.7 Å². The molecule has 0 fully saturated rings. The van der Waals surface area contributed by atoms with E-state index in [1.807, 2.05) is 42.5 Å². The number of amides is 1. The maximum atomic E-state index is 13.3. The molecule has 1 N–H and O–H groups in total. The van der Waals surface area contributed by atoms with Crippen molar-refractivity contribution in [2.45, 2.75) is 18.2 Å². The highest BCUT2D eigenvalue weighted by molar-refractivity contribution is 7.99. The summed E-state index contributed by atoms with van der Waals surface area (Å²) in [6, 6.07) is 18.2. The average molecular weight is 477 g/mol. The topological polar surface area (TPSA) is 95.3 Å². The Morgan fingerprint density at radius 2 is 1.82 bits per heavy atom. The molecule has 1 amide bonds. The molecule has 0 radical (unpaired) electrons. The van der Waals surface area contributed by atoms with Gasteiger partial charge in [0, 0.05) is 6.20 Å². The van der Waals surface area contributed by atoms with Gasteiger partial charge in [-0.1, -0.05) is 36.0 Å². The zero-order valence-corrected chi connectivity index (χ0v) is 19.7. The second-order valence-corrected chi connectivity index (χ2v) is 8.32. The Balaban J connectivity index is 1.58. The van der Waals surface area contributed by atoms with Crippen molar-refractivity contribution >= 4 is 28.6 Å². The highest BCUT2D eigenvalue weighted by Crippen LogP contribution is 2.28. The molecule has 4 rings (SSSR count). The van der Waals surface area contributed by atoms with E-state index in [0.717, 1.165) is 11.3 Å². The van der Waals surface area contributed by atoms with Crippen LogP contribution in [0.5, 0.6) is 11.5 Å². The van der Waals surface area contributed by atoms with Crippen molar-refractivity contribution in [2.75, 3.05) is 20.0 Å². The zero-order valence-electron chi connectivity index (χ0n) is 18.9. The number of hydrogen-bond donors (Lipinski definition) is 1. The molecule has 0 saturated carbocycles. The Bertz CT molecular complexity index is 1360. The van der Waals surface area contributed by atoms with E-state index in [-0.39, 0.29) is 23.8 Å². The molecule has 0 aliphatic rings. The number of carbonyl (C=O) groups is 1. The second kappa shape index (κ2) is 10.8. The Hall–Kier alpha value is -3.85. The summed E-state index contributed by atoms with van der Waals surface area (Å²) in [4.78, 5) is 34.7. The molecule has 0 bridgehead atoms. The van der Waals surface area contributed by atoms with E-state index in [4.69, 9.17) is 9.47 Å². The first-order valence-electron chi connectivity index (χ1n) is 10.6. The van der Waals surface area contributed by atoms with Gasteiger partial charge in [0.1, 0.15) is 0 Å². The van der Waals surface area contributed by atoms with Gasteiger partial charge in [-0.15, -0.1) is 0 Å². The molecule has 0 atom stereocenters. The quantitative estimate of drug-likeness (QED) is 0.293. The van der Waals surface area contributed by atoms with Crippen LogP contribution in [0.2, 0.25) is 0 Å². The molecule has 0 spiro atoms. The van der Waals surface area contributed by atoms with E-state index >= 15 is 0 Å². The molecular weight excluding hydrogens is 452 g/mol. The molecule has 4 aromatic rings. The fourth-order valence-corrected chi connectivity index (χ4v) is 4.26. The number of para-hydroxylation sites is 1. The molecule has 2 heterocycles. The van der Waals surface area contributed by atoms with Crippen molar-refractivity contribution in [3.05, 3.63) is 88.5 Å². The third-order valence-corrected chi connectivity index (χ3v) is 6.12. The van der Waals surface area contributed by atoms with Crippen molar-refractivity contribution in [2.24, 2.45) is 0 Å². The van der Waals surface area contributed by atoms with Crippen LogP contribution in [0.4, 0.5) is 0 Å². The summed E-state index contributed by atoms with van der Waals surface area (Å²) >= 11 is 1.22. The number of rotatable bonds is 9. The zero-order chi connectivity index (χ0) is 23.9. The molecule has 2 aromatic heterocycles. The third-order valence-electron chi connectivity index (χ3n) is 5.14. The number of hydrogen-bond acceptors (Lipinski definition) is 7. The van der Waals surface area contributed by atoms with Gasteiger partial charge >= 0.3 is 0 Å². The third kappa shape index (κ3) is 5.37. The van der Waals surface area contributed by atoms with Crippen molar-refractivity contribution in [3.63, 3.8) is 0 Å². The van der Waals surface area contributed by atoms with Crippen LogP contribution in [0, 0.1) is 0 Å². The fraction of sp³-hybridized carbons (Fsp3) is 0.200. The number of fused-ring (bicyclic) bond motifs is 1. The van der Waals surface area contributed by atoms with E-state index in [9.17, 15) is 9.59 Å². The monoisotopic (exact) mass is 476 g/mol. The number of thioether (sulfide) groups is 1. The van der Waals surface area contributed by atoms with Crippen molar-refractivity contribution in [1.29, 1.82) is 0 Å². The average Bonchev–Trinajstić information content (AvgIpc) is 2.88. The summed E-state index contributed by atoms with van der Waals surface area (Å²) in [5.41, 5.74) is 2.04. The molecule has 0 saturated heterocycles. The maximum absolute atomic E-state index is 13.3. The Morgan fingerprint density at radius 3 is 2.59 bits per heavy atom. The molecule has 9 heteroatoms. The first kappa shape index (κ1) is 23.3. The number of pyridine rings is 1. The smallest absolute Gasteiger partial charge is 0.262 e. The van der Waals surface area contributed by atoms with Gasteiger partial charge in [-0.3, -0.25) is 19.1 Å².